The highest BCUT2D eigenvalue weighted by Crippen LogP contribution is 2.55. The molecule has 2 aliphatic heterocycles. The van der Waals surface area contributed by atoms with E-state index in [1.807, 2.05) is 0 Å². The highest BCUT2D eigenvalue weighted by Gasteiger charge is 2.53. The third kappa shape index (κ3) is 3.86. The summed E-state index contributed by atoms with van der Waals surface area (Å²) in [4.78, 5) is 18.4. The number of carbonyl (C=O) groups is 1. The van der Waals surface area contributed by atoms with E-state index >= 15 is 0 Å². The maximum absolute atomic E-state index is 13.3. The number of esters is 1. The summed E-state index contributed by atoms with van der Waals surface area (Å²) in [5, 5.41) is 0.103. The normalized spacial score (nSPS) is 24.4. The highest BCUT2D eigenvalue weighted by molar-refractivity contribution is 6.74. The van der Waals surface area contributed by atoms with E-state index in [4.69, 9.17) is 18.9 Å². The summed E-state index contributed by atoms with van der Waals surface area (Å²) >= 11 is 0. The van der Waals surface area contributed by atoms with Crippen LogP contribution in [0, 0.1) is 5.41 Å². The number of fused-ring (bicyclic) bond motifs is 4. The van der Waals surface area contributed by atoms with Crippen LogP contribution in [0.4, 0.5) is 0 Å². The first-order valence-corrected chi connectivity index (χ1v) is 15.1. The van der Waals surface area contributed by atoms with E-state index in [0.717, 1.165) is 35.4 Å². The van der Waals surface area contributed by atoms with Crippen molar-refractivity contribution in [2.45, 2.75) is 110 Å². The van der Waals surface area contributed by atoms with E-state index in [2.05, 4.69) is 61.6 Å². The third-order valence-electron chi connectivity index (χ3n) is 8.09. The van der Waals surface area contributed by atoms with Crippen molar-refractivity contribution in [1.29, 1.82) is 0 Å². The standard InChI is InChI=1S/C26H41NO4Si/c1-16(2)22-20-21(26(30-23(20)28)10-12-29-13-11-26)19-17(27-22)14-25(6,7)15-18(19)31-32(8,9)24(3,4)5/h16,18H,10-15H2,1-9H3/t18-/m0/s1. The SMILES string of the molecule is CC(C)c1nc2c(c3c1C(=O)OC31CCOCC1)[C@@H](O[Si](C)(C)C(C)(C)C)CC(C)(C)C2. The van der Waals surface area contributed by atoms with Gasteiger partial charge in [0.25, 0.3) is 0 Å². The van der Waals surface area contributed by atoms with Crippen LogP contribution in [-0.2, 0) is 25.9 Å². The van der Waals surface area contributed by atoms with Crippen LogP contribution in [0.3, 0.4) is 0 Å². The van der Waals surface area contributed by atoms with Crippen molar-refractivity contribution in [3.05, 3.63) is 28.1 Å². The topological polar surface area (TPSA) is 57.7 Å². The Bertz CT molecular complexity index is 923. The van der Waals surface area contributed by atoms with Gasteiger partial charge in [-0.1, -0.05) is 48.5 Å². The van der Waals surface area contributed by atoms with Gasteiger partial charge in [-0.05, 0) is 42.3 Å². The van der Waals surface area contributed by atoms with Crippen molar-refractivity contribution >= 4 is 14.3 Å². The number of hydrogen-bond donors (Lipinski definition) is 0. The van der Waals surface area contributed by atoms with Gasteiger partial charge in [0.1, 0.15) is 5.60 Å². The molecule has 1 aromatic heterocycles. The summed E-state index contributed by atoms with van der Waals surface area (Å²) in [5.41, 5.74) is 4.43. The zero-order valence-electron chi connectivity index (χ0n) is 21.5. The molecule has 4 rings (SSSR count). The molecule has 0 radical (unpaired) electrons. The monoisotopic (exact) mass is 459 g/mol. The Morgan fingerprint density at radius 3 is 2.34 bits per heavy atom. The highest BCUT2D eigenvalue weighted by atomic mass is 28.4. The van der Waals surface area contributed by atoms with Crippen LogP contribution in [0.15, 0.2) is 0 Å². The molecule has 3 aliphatic rings. The maximum Gasteiger partial charge on any atom is 0.341 e. The van der Waals surface area contributed by atoms with E-state index in [0.29, 0.717) is 31.6 Å². The fourth-order valence-corrected chi connectivity index (χ4v) is 6.61. The zero-order valence-corrected chi connectivity index (χ0v) is 22.5. The molecule has 0 N–H and O–H groups in total. The van der Waals surface area contributed by atoms with Gasteiger partial charge in [0, 0.05) is 29.7 Å². The maximum atomic E-state index is 13.3. The van der Waals surface area contributed by atoms with Crippen LogP contribution in [-0.4, -0.2) is 32.5 Å². The van der Waals surface area contributed by atoms with Crippen LogP contribution in [0.1, 0.15) is 113 Å². The summed E-state index contributed by atoms with van der Waals surface area (Å²) in [6.45, 7) is 21.6. The fraction of sp³-hybridized carbons (Fsp3) is 0.769. The smallest absolute Gasteiger partial charge is 0.341 e. The van der Waals surface area contributed by atoms with Gasteiger partial charge in [0.05, 0.1) is 30.6 Å². The van der Waals surface area contributed by atoms with Gasteiger partial charge in [-0.2, -0.15) is 0 Å². The van der Waals surface area contributed by atoms with Crippen LogP contribution in [0.5, 0.6) is 0 Å². The summed E-state index contributed by atoms with van der Waals surface area (Å²) in [6, 6.07) is 0. The average molecular weight is 460 g/mol. The number of ether oxygens (including phenoxy) is 2. The molecular weight excluding hydrogens is 418 g/mol. The minimum atomic E-state index is -2.05. The van der Waals surface area contributed by atoms with Crippen LogP contribution < -0.4 is 0 Å². The lowest BCUT2D eigenvalue weighted by Gasteiger charge is -2.46. The largest absolute Gasteiger partial charge is 0.450 e. The second-order valence-corrected chi connectivity index (χ2v) is 17.4. The molecule has 1 spiro atoms. The van der Waals surface area contributed by atoms with Crippen molar-refractivity contribution in [1.82, 2.24) is 4.98 Å². The second kappa shape index (κ2) is 7.64. The molecule has 6 heteroatoms. The average Bonchev–Trinajstić information content (AvgIpc) is 2.91. The minimum absolute atomic E-state index is 0.0636. The van der Waals surface area contributed by atoms with Crippen LogP contribution >= 0.6 is 0 Å². The lowest BCUT2D eigenvalue weighted by atomic mass is 9.70. The van der Waals surface area contributed by atoms with Crippen molar-refractivity contribution < 1.29 is 18.7 Å². The lowest BCUT2D eigenvalue weighted by Crippen LogP contribution is -2.45. The van der Waals surface area contributed by atoms with Gasteiger partial charge < -0.3 is 13.9 Å². The Hall–Kier alpha value is -1.24. The van der Waals surface area contributed by atoms with Crippen molar-refractivity contribution in [3.8, 4) is 0 Å². The third-order valence-corrected chi connectivity index (χ3v) is 12.6. The summed E-state index contributed by atoms with van der Waals surface area (Å²) in [6.07, 6.45) is 3.17. The Balaban J connectivity index is 1.97. The molecule has 32 heavy (non-hydrogen) atoms. The fourth-order valence-electron chi connectivity index (χ4n) is 5.34. The van der Waals surface area contributed by atoms with Crippen molar-refractivity contribution in [2.75, 3.05) is 13.2 Å². The van der Waals surface area contributed by atoms with Gasteiger partial charge in [-0.25, -0.2) is 4.79 Å². The molecule has 3 heterocycles. The van der Waals surface area contributed by atoms with Gasteiger partial charge in [0.2, 0.25) is 0 Å². The quantitative estimate of drug-likeness (QED) is 0.386. The van der Waals surface area contributed by atoms with Gasteiger partial charge in [-0.3, -0.25) is 4.98 Å². The summed E-state index contributed by atoms with van der Waals surface area (Å²) in [7, 11) is -2.05. The minimum Gasteiger partial charge on any atom is -0.450 e. The number of nitrogens with zero attached hydrogens (tertiary/aromatic N) is 1. The van der Waals surface area contributed by atoms with Gasteiger partial charge >= 0.3 is 5.97 Å². The molecule has 1 aromatic rings. The molecule has 1 atom stereocenters. The predicted octanol–water partition coefficient (Wildman–Crippen LogP) is 6.42. The van der Waals surface area contributed by atoms with Crippen molar-refractivity contribution in [2.24, 2.45) is 5.41 Å². The first kappa shape index (κ1) is 23.9. The molecule has 1 aliphatic carbocycles. The predicted molar refractivity (Wildman–Crippen MR) is 129 cm³/mol. The Morgan fingerprint density at radius 1 is 1.16 bits per heavy atom. The molecule has 0 unspecified atom stereocenters. The van der Waals surface area contributed by atoms with E-state index in [9.17, 15) is 4.79 Å². The molecule has 1 fully saturated rings. The second-order valence-electron chi connectivity index (χ2n) is 12.7. The molecular formula is C26H41NO4Si. The molecule has 0 bridgehead atoms. The van der Waals surface area contributed by atoms with E-state index < -0.39 is 13.9 Å². The Morgan fingerprint density at radius 2 is 1.78 bits per heavy atom. The molecule has 1 saturated heterocycles. The Kier molecular flexibility index (Phi) is 5.71. The van der Waals surface area contributed by atoms with E-state index in [1.165, 1.54) is 0 Å². The molecule has 0 amide bonds. The van der Waals surface area contributed by atoms with Crippen LogP contribution in [0.25, 0.3) is 0 Å². The summed E-state index contributed by atoms with van der Waals surface area (Å²) < 4.78 is 19.0. The van der Waals surface area contributed by atoms with Gasteiger partial charge in [0.15, 0.2) is 8.32 Å². The Labute approximate surface area is 194 Å². The van der Waals surface area contributed by atoms with E-state index in [1.54, 1.807) is 0 Å². The number of aromatic nitrogens is 1. The lowest BCUT2D eigenvalue weighted by molar-refractivity contribution is -0.0748. The van der Waals surface area contributed by atoms with Gasteiger partial charge in [-0.15, -0.1) is 0 Å². The summed E-state index contributed by atoms with van der Waals surface area (Å²) in [5.74, 6) is -0.0572. The zero-order chi connectivity index (χ0) is 23.7. The molecule has 5 nitrogen and oxygen atoms in total. The molecule has 178 valence electrons. The number of rotatable bonds is 3. The first-order chi connectivity index (χ1) is 14.7. The molecule has 0 aromatic carbocycles. The number of hydrogen-bond acceptors (Lipinski definition) is 5. The molecule has 0 saturated carbocycles. The number of pyridine rings is 1. The van der Waals surface area contributed by atoms with Crippen LogP contribution in [0.2, 0.25) is 18.1 Å². The van der Waals surface area contributed by atoms with Crippen molar-refractivity contribution in [3.63, 3.8) is 0 Å². The number of carbonyl (C=O) groups excluding carboxylic acids is 1. The van der Waals surface area contributed by atoms with E-state index in [-0.39, 0.29) is 28.4 Å². The first-order valence-electron chi connectivity index (χ1n) is 12.2.